The number of rotatable bonds is 4. The number of nitrogens with zero attached hydrogens (tertiary/aromatic N) is 2. The monoisotopic (exact) mass is 427 g/mol. The van der Waals surface area contributed by atoms with E-state index in [1.54, 1.807) is 36.2 Å². The molecule has 0 fully saturated rings. The number of likely N-dealkylation sites (N-methyl/N-ethyl adjacent to an activating group) is 1. The molecule has 2 heterocycles. The van der Waals surface area contributed by atoms with Gasteiger partial charge in [-0.2, -0.15) is 0 Å². The molecule has 1 N–H and O–H groups in total. The lowest BCUT2D eigenvalue weighted by Gasteiger charge is -2.26. The second kappa shape index (κ2) is 7.85. The van der Waals surface area contributed by atoms with Crippen LogP contribution in [0.1, 0.15) is 22.2 Å². The standard InChI is InChI=1S/C21H18ClN3O3S/c1-3-17-19(13-6-9-16-15(10-13)25(2)18(26)11-28-16)23-21(29-17)24-20(27)12-4-7-14(22)8-5-12/h4-10H,3,11H2,1-2H3,(H,23,24,27). The van der Waals surface area contributed by atoms with Crippen molar-refractivity contribution >= 4 is 45.6 Å². The van der Waals surface area contributed by atoms with Gasteiger partial charge >= 0.3 is 0 Å². The van der Waals surface area contributed by atoms with Crippen LogP contribution in [0.15, 0.2) is 42.5 Å². The van der Waals surface area contributed by atoms with Crippen LogP contribution < -0.4 is 15.0 Å². The van der Waals surface area contributed by atoms with Crippen molar-refractivity contribution in [2.75, 3.05) is 23.9 Å². The van der Waals surface area contributed by atoms with Gasteiger partial charge in [-0.1, -0.05) is 18.5 Å². The lowest BCUT2D eigenvalue weighted by atomic mass is 10.1. The van der Waals surface area contributed by atoms with Gasteiger partial charge < -0.3 is 9.64 Å². The molecule has 0 saturated heterocycles. The van der Waals surface area contributed by atoms with Crippen molar-refractivity contribution in [3.63, 3.8) is 0 Å². The van der Waals surface area contributed by atoms with E-state index < -0.39 is 0 Å². The maximum absolute atomic E-state index is 12.5. The molecular formula is C21H18ClN3O3S. The summed E-state index contributed by atoms with van der Waals surface area (Å²) in [5, 5.41) is 3.96. The Bertz CT molecular complexity index is 1100. The molecule has 8 heteroatoms. The third kappa shape index (κ3) is 3.83. The minimum Gasteiger partial charge on any atom is -0.482 e. The van der Waals surface area contributed by atoms with Crippen molar-refractivity contribution < 1.29 is 14.3 Å². The van der Waals surface area contributed by atoms with Gasteiger partial charge in [0.05, 0.1) is 11.4 Å². The molecule has 0 atom stereocenters. The molecule has 2 amide bonds. The molecule has 0 aliphatic carbocycles. The first kappa shape index (κ1) is 19.4. The summed E-state index contributed by atoms with van der Waals surface area (Å²) in [7, 11) is 1.73. The number of ether oxygens (including phenoxy) is 1. The highest BCUT2D eigenvalue weighted by Crippen LogP contribution is 2.38. The number of fused-ring (bicyclic) bond motifs is 1. The molecule has 0 bridgehead atoms. The molecule has 148 valence electrons. The summed E-state index contributed by atoms with van der Waals surface area (Å²) in [6, 6.07) is 12.3. The van der Waals surface area contributed by atoms with E-state index >= 15 is 0 Å². The number of hydrogen-bond acceptors (Lipinski definition) is 5. The minimum atomic E-state index is -0.242. The largest absolute Gasteiger partial charge is 0.482 e. The third-order valence-corrected chi connectivity index (χ3v) is 6.03. The number of amides is 2. The first-order valence-corrected chi connectivity index (χ1v) is 10.3. The summed E-state index contributed by atoms with van der Waals surface area (Å²) >= 11 is 7.32. The number of carbonyl (C=O) groups is 2. The highest BCUT2D eigenvalue weighted by Gasteiger charge is 2.24. The van der Waals surface area contributed by atoms with Crippen LogP contribution >= 0.6 is 22.9 Å². The smallest absolute Gasteiger partial charge is 0.264 e. The van der Waals surface area contributed by atoms with Crippen LogP contribution in [0, 0.1) is 0 Å². The maximum Gasteiger partial charge on any atom is 0.264 e. The zero-order chi connectivity index (χ0) is 20.5. The molecule has 1 aliphatic heterocycles. The van der Waals surface area contributed by atoms with E-state index in [4.69, 9.17) is 16.3 Å². The van der Waals surface area contributed by atoms with E-state index in [0.29, 0.717) is 27.2 Å². The Hall–Kier alpha value is -2.90. The Labute approximate surface area is 177 Å². The number of benzene rings is 2. The van der Waals surface area contributed by atoms with Crippen molar-refractivity contribution in [1.29, 1.82) is 0 Å². The van der Waals surface area contributed by atoms with E-state index in [0.717, 1.165) is 22.6 Å². The van der Waals surface area contributed by atoms with Gasteiger partial charge in [-0.25, -0.2) is 4.98 Å². The number of carbonyl (C=O) groups excluding carboxylic acids is 2. The molecule has 0 unspecified atom stereocenters. The Morgan fingerprint density at radius 3 is 2.76 bits per heavy atom. The maximum atomic E-state index is 12.5. The van der Waals surface area contributed by atoms with E-state index in [1.807, 2.05) is 25.1 Å². The number of thiazole rings is 1. The molecule has 0 saturated carbocycles. The Morgan fingerprint density at radius 1 is 1.28 bits per heavy atom. The molecule has 6 nitrogen and oxygen atoms in total. The van der Waals surface area contributed by atoms with Gasteiger partial charge in [-0.3, -0.25) is 14.9 Å². The predicted molar refractivity (Wildman–Crippen MR) is 115 cm³/mol. The number of nitrogens with one attached hydrogen (secondary N) is 1. The second-order valence-corrected chi connectivity index (χ2v) is 8.05. The number of aryl methyl sites for hydroxylation is 1. The summed E-state index contributed by atoms with van der Waals surface area (Å²) in [6.45, 7) is 2.08. The average Bonchev–Trinajstić information content (AvgIpc) is 3.14. The van der Waals surface area contributed by atoms with Crippen LogP contribution in [-0.4, -0.2) is 30.5 Å². The van der Waals surface area contributed by atoms with Crippen molar-refractivity contribution in [3.05, 3.63) is 57.9 Å². The SMILES string of the molecule is CCc1sc(NC(=O)c2ccc(Cl)cc2)nc1-c1ccc2c(c1)N(C)C(=O)CO2. The third-order valence-electron chi connectivity index (χ3n) is 4.66. The van der Waals surface area contributed by atoms with Crippen molar-refractivity contribution in [2.24, 2.45) is 0 Å². The van der Waals surface area contributed by atoms with Crippen LogP contribution in [0.3, 0.4) is 0 Å². The van der Waals surface area contributed by atoms with Crippen molar-refractivity contribution in [3.8, 4) is 17.0 Å². The summed E-state index contributed by atoms with van der Waals surface area (Å²) in [5.74, 6) is 0.328. The van der Waals surface area contributed by atoms with Gasteiger partial charge in [-0.05, 0) is 48.9 Å². The van der Waals surface area contributed by atoms with Gasteiger partial charge in [0, 0.05) is 28.1 Å². The normalized spacial score (nSPS) is 13.1. The van der Waals surface area contributed by atoms with Crippen LogP contribution in [0.4, 0.5) is 10.8 Å². The molecule has 4 rings (SSSR count). The van der Waals surface area contributed by atoms with E-state index in [1.165, 1.54) is 11.3 Å². The Balaban J connectivity index is 1.64. The fourth-order valence-electron chi connectivity index (χ4n) is 3.06. The van der Waals surface area contributed by atoms with Crippen molar-refractivity contribution in [2.45, 2.75) is 13.3 Å². The van der Waals surface area contributed by atoms with Crippen LogP contribution in [-0.2, 0) is 11.2 Å². The van der Waals surface area contributed by atoms with Crippen LogP contribution in [0.5, 0.6) is 5.75 Å². The summed E-state index contributed by atoms with van der Waals surface area (Å²) in [6.07, 6.45) is 0.770. The first-order chi connectivity index (χ1) is 14.0. The lowest BCUT2D eigenvalue weighted by molar-refractivity contribution is -0.120. The zero-order valence-corrected chi connectivity index (χ0v) is 17.4. The Morgan fingerprint density at radius 2 is 2.03 bits per heavy atom. The van der Waals surface area contributed by atoms with Crippen molar-refractivity contribution in [1.82, 2.24) is 4.98 Å². The van der Waals surface area contributed by atoms with Gasteiger partial charge in [0.2, 0.25) is 0 Å². The number of aromatic nitrogens is 1. The molecule has 3 aromatic rings. The quantitative estimate of drug-likeness (QED) is 0.658. The molecule has 29 heavy (non-hydrogen) atoms. The van der Waals surface area contributed by atoms with Gasteiger partial charge in [0.1, 0.15) is 5.75 Å². The van der Waals surface area contributed by atoms with Gasteiger partial charge in [-0.15, -0.1) is 11.3 Å². The highest BCUT2D eigenvalue weighted by molar-refractivity contribution is 7.16. The molecule has 0 radical (unpaired) electrons. The van der Waals surface area contributed by atoms with E-state index in [9.17, 15) is 9.59 Å². The topological polar surface area (TPSA) is 71.5 Å². The number of halogens is 1. The minimum absolute atomic E-state index is 0.0423. The highest BCUT2D eigenvalue weighted by atomic mass is 35.5. The predicted octanol–water partition coefficient (Wildman–Crippen LogP) is 4.63. The lowest BCUT2D eigenvalue weighted by Crippen LogP contribution is -2.35. The van der Waals surface area contributed by atoms with E-state index in [-0.39, 0.29) is 18.4 Å². The summed E-state index contributed by atoms with van der Waals surface area (Å²) in [5.41, 5.74) is 2.88. The van der Waals surface area contributed by atoms with Gasteiger partial charge in [0.15, 0.2) is 11.7 Å². The fourth-order valence-corrected chi connectivity index (χ4v) is 4.10. The second-order valence-electron chi connectivity index (χ2n) is 6.53. The first-order valence-electron chi connectivity index (χ1n) is 9.06. The number of hydrogen-bond donors (Lipinski definition) is 1. The van der Waals surface area contributed by atoms with Gasteiger partial charge in [0.25, 0.3) is 11.8 Å². The number of anilines is 2. The molecular weight excluding hydrogens is 410 g/mol. The summed E-state index contributed by atoms with van der Waals surface area (Å²) in [4.78, 5) is 31.7. The molecule has 2 aromatic carbocycles. The fraction of sp³-hybridized carbons (Fsp3) is 0.190. The van der Waals surface area contributed by atoms with E-state index in [2.05, 4.69) is 10.3 Å². The summed E-state index contributed by atoms with van der Waals surface area (Å²) < 4.78 is 5.49. The average molecular weight is 428 g/mol. The molecule has 1 aromatic heterocycles. The Kier molecular flexibility index (Phi) is 5.25. The zero-order valence-electron chi connectivity index (χ0n) is 15.9. The van der Waals surface area contributed by atoms with Crippen LogP contribution in [0.25, 0.3) is 11.3 Å². The van der Waals surface area contributed by atoms with Crippen LogP contribution in [0.2, 0.25) is 5.02 Å². The molecule has 0 spiro atoms. The molecule has 1 aliphatic rings.